The van der Waals surface area contributed by atoms with Crippen molar-refractivity contribution in [3.8, 4) is 0 Å². The van der Waals surface area contributed by atoms with E-state index in [1.165, 1.54) is 15.3 Å². The van der Waals surface area contributed by atoms with Crippen LogP contribution in [0.25, 0.3) is 0 Å². The summed E-state index contributed by atoms with van der Waals surface area (Å²) in [7, 11) is 0. The average Bonchev–Trinajstić information content (AvgIpc) is 2.75. The standard InChI is InChI=1S/C14H22N2O2S/c1-10-8-13(12(3)19-10)11(2)15-9-14(17)16-4-6-18-7-5-16/h8,11,15H,4-7,9H2,1-3H3. The van der Waals surface area contributed by atoms with Gasteiger partial charge in [-0.25, -0.2) is 0 Å². The zero-order valence-electron chi connectivity index (χ0n) is 11.9. The van der Waals surface area contributed by atoms with Crippen LogP contribution in [-0.2, 0) is 9.53 Å². The second kappa shape index (κ2) is 6.50. The molecule has 0 aliphatic carbocycles. The quantitative estimate of drug-likeness (QED) is 0.917. The fraction of sp³-hybridized carbons (Fsp3) is 0.643. The van der Waals surface area contributed by atoms with E-state index < -0.39 is 0 Å². The van der Waals surface area contributed by atoms with Crippen LogP contribution in [0.3, 0.4) is 0 Å². The predicted octanol–water partition coefficient (Wildman–Crippen LogP) is 1.87. The van der Waals surface area contributed by atoms with Crippen LogP contribution in [0.4, 0.5) is 0 Å². The first-order valence-electron chi connectivity index (χ1n) is 6.73. The van der Waals surface area contributed by atoms with Gasteiger partial charge in [-0.05, 0) is 32.4 Å². The molecule has 1 aliphatic heterocycles. The van der Waals surface area contributed by atoms with E-state index in [9.17, 15) is 4.79 Å². The number of thiophene rings is 1. The number of nitrogens with zero attached hydrogens (tertiary/aromatic N) is 1. The molecule has 1 fully saturated rings. The van der Waals surface area contributed by atoms with Crippen LogP contribution in [0, 0.1) is 13.8 Å². The first kappa shape index (κ1) is 14.5. The van der Waals surface area contributed by atoms with Gasteiger partial charge in [-0.1, -0.05) is 0 Å². The molecule has 1 N–H and O–H groups in total. The van der Waals surface area contributed by atoms with E-state index in [0.29, 0.717) is 32.8 Å². The lowest BCUT2D eigenvalue weighted by Gasteiger charge is -2.27. The first-order valence-corrected chi connectivity index (χ1v) is 7.55. The smallest absolute Gasteiger partial charge is 0.236 e. The number of morpholine rings is 1. The van der Waals surface area contributed by atoms with E-state index in [4.69, 9.17) is 4.74 Å². The van der Waals surface area contributed by atoms with Gasteiger partial charge in [0.15, 0.2) is 0 Å². The van der Waals surface area contributed by atoms with Crippen molar-refractivity contribution in [3.63, 3.8) is 0 Å². The van der Waals surface area contributed by atoms with E-state index >= 15 is 0 Å². The molecular weight excluding hydrogens is 260 g/mol. The van der Waals surface area contributed by atoms with Crippen LogP contribution in [0.5, 0.6) is 0 Å². The summed E-state index contributed by atoms with van der Waals surface area (Å²) in [6.45, 7) is 9.50. The van der Waals surface area contributed by atoms with E-state index in [0.717, 1.165) is 0 Å². The Morgan fingerprint density at radius 1 is 1.47 bits per heavy atom. The van der Waals surface area contributed by atoms with Gasteiger partial charge in [0.25, 0.3) is 0 Å². The Labute approximate surface area is 118 Å². The van der Waals surface area contributed by atoms with Crippen molar-refractivity contribution >= 4 is 17.2 Å². The second-order valence-electron chi connectivity index (χ2n) is 4.96. The minimum Gasteiger partial charge on any atom is -0.378 e. The van der Waals surface area contributed by atoms with Gasteiger partial charge in [0.05, 0.1) is 19.8 Å². The number of carbonyl (C=O) groups excluding carboxylic acids is 1. The molecule has 0 saturated carbocycles. The lowest BCUT2D eigenvalue weighted by molar-refractivity contribution is -0.134. The molecule has 106 valence electrons. The number of rotatable bonds is 4. The number of ether oxygens (including phenoxy) is 1. The zero-order chi connectivity index (χ0) is 13.8. The van der Waals surface area contributed by atoms with Crippen LogP contribution in [0.15, 0.2) is 6.07 Å². The van der Waals surface area contributed by atoms with Gasteiger partial charge in [0.2, 0.25) is 5.91 Å². The Hall–Kier alpha value is -0.910. The maximum atomic E-state index is 12.0. The Bertz CT molecular complexity index is 439. The minimum atomic E-state index is 0.166. The van der Waals surface area contributed by atoms with Gasteiger partial charge < -0.3 is 15.0 Å². The van der Waals surface area contributed by atoms with Crippen LogP contribution in [0.2, 0.25) is 0 Å². The Balaban J connectivity index is 1.84. The molecule has 1 atom stereocenters. The molecule has 2 rings (SSSR count). The van der Waals surface area contributed by atoms with Crippen LogP contribution in [0.1, 0.15) is 28.3 Å². The number of hydrogen-bond acceptors (Lipinski definition) is 4. The number of hydrogen-bond donors (Lipinski definition) is 1. The van der Waals surface area contributed by atoms with E-state index in [1.54, 1.807) is 0 Å². The highest BCUT2D eigenvalue weighted by molar-refractivity contribution is 7.12. The second-order valence-corrected chi connectivity index (χ2v) is 6.42. The molecule has 0 bridgehead atoms. The van der Waals surface area contributed by atoms with Crippen molar-refractivity contribution in [2.45, 2.75) is 26.8 Å². The van der Waals surface area contributed by atoms with Gasteiger partial charge >= 0.3 is 0 Å². The summed E-state index contributed by atoms with van der Waals surface area (Å²) in [5.74, 6) is 0.166. The molecule has 1 aliphatic rings. The molecule has 1 aromatic rings. The highest BCUT2D eigenvalue weighted by Crippen LogP contribution is 2.25. The molecule has 5 heteroatoms. The Morgan fingerprint density at radius 2 is 2.16 bits per heavy atom. The molecule has 2 heterocycles. The van der Waals surface area contributed by atoms with E-state index in [1.807, 2.05) is 16.2 Å². The average molecular weight is 282 g/mol. The highest BCUT2D eigenvalue weighted by Gasteiger charge is 2.18. The fourth-order valence-electron chi connectivity index (χ4n) is 2.36. The topological polar surface area (TPSA) is 41.6 Å². The normalized spacial score (nSPS) is 17.5. The van der Waals surface area contributed by atoms with Gasteiger partial charge in [-0.3, -0.25) is 4.79 Å². The van der Waals surface area contributed by atoms with Crippen molar-refractivity contribution in [2.24, 2.45) is 0 Å². The molecule has 19 heavy (non-hydrogen) atoms. The van der Waals surface area contributed by atoms with E-state index in [2.05, 4.69) is 32.2 Å². The third kappa shape index (κ3) is 3.78. The monoisotopic (exact) mass is 282 g/mol. The molecule has 1 amide bonds. The largest absolute Gasteiger partial charge is 0.378 e. The summed E-state index contributed by atoms with van der Waals surface area (Å²) >= 11 is 1.81. The summed E-state index contributed by atoms with van der Waals surface area (Å²) in [6.07, 6.45) is 0. The van der Waals surface area contributed by atoms with Gasteiger partial charge in [-0.15, -0.1) is 11.3 Å². The summed E-state index contributed by atoms with van der Waals surface area (Å²) in [5, 5.41) is 3.32. The van der Waals surface area contributed by atoms with Crippen molar-refractivity contribution in [1.82, 2.24) is 10.2 Å². The maximum absolute atomic E-state index is 12.0. The summed E-state index contributed by atoms with van der Waals surface area (Å²) in [5.41, 5.74) is 1.30. The molecule has 0 spiro atoms. The molecule has 0 radical (unpaired) electrons. The van der Waals surface area contributed by atoms with Crippen LogP contribution in [-0.4, -0.2) is 43.7 Å². The lowest BCUT2D eigenvalue weighted by atomic mass is 10.1. The number of aryl methyl sites for hydroxylation is 2. The first-order chi connectivity index (χ1) is 9.08. The molecule has 1 saturated heterocycles. The molecule has 1 unspecified atom stereocenters. The van der Waals surface area contributed by atoms with Gasteiger partial charge in [-0.2, -0.15) is 0 Å². The number of carbonyl (C=O) groups is 1. The SMILES string of the molecule is Cc1cc(C(C)NCC(=O)N2CCOCC2)c(C)s1. The minimum absolute atomic E-state index is 0.166. The van der Waals surface area contributed by atoms with Crippen molar-refractivity contribution < 1.29 is 9.53 Å². The third-order valence-corrected chi connectivity index (χ3v) is 4.45. The third-order valence-electron chi connectivity index (χ3n) is 3.47. The van der Waals surface area contributed by atoms with E-state index in [-0.39, 0.29) is 11.9 Å². The zero-order valence-corrected chi connectivity index (χ0v) is 12.7. The maximum Gasteiger partial charge on any atom is 0.236 e. The van der Waals surface area contributed by atoms with Crippen molar-refractivity contribution in [1.29, 1.82) is 0 Å². The van der Waals surface area contributed by atoms with Crippen molar-refractivity contribution in [2.75, 3.05) is 32.8 Å². The van der Waals surface area contributed by atoms with Gasteiger partial charge in [0, 0.05) is 28.9 Å². The Kier molecular flexibility index (Phi) is 4.96. The number of amides is 1. The van der Waals surface area contributed by atoms with Crippen molar-refractivity contribution in [3.05, 3.63) is 21.4 Å². The highest BCUT2D eigenvalue weighted by atomic mass is 32.1. The molecular formula is C14H22N2O2S. The predicted molar refractivity (Wildman–Crippen MR) is 77.6 cm³/mol. The summed E-state index contributed by atoms with van der Waals surface area (Å²) < 4.78 is 5.25. The molecule has 0 aromatic carbocycles. The van der Waals surface area contributed by atoms with Gasteiger partial charge in [0.1, 0.15) is 0 Å². The van der Waals surface area contributed by atoms with Crippen LogP contribution >= 0.6 is 11.3 Å². The number of nitrogens with one attached hydrogen (secondary N) is 1. The van der Waals surface area contributed by atoms with Crippen LogP contribution < -0.4 is 5.32 Å². The Morgan fingerprint density at radius 3 is 2.74 bits per heavy atom. The molecule has 4 nitrogen and oxygen atoms in total. The summed E-state index contributed by atoms with van der Waals surface area (Å²) in [4.78, 5) is 16.6. The fourth-order valence-corrected chi connectivity index (χ4v) is 3.38. The molecule has 1 aromatic heterocycles. The summed E-state index contributed by atoms with van der Waals surface area (Å²) in [6, 6.07) is 2.42. The lowest BCUT2D eigenvalue weighted by Crippen LogP contribution is -2.45.